The van der Waals surface area contributed by atoms with Gasteiger partial charge in [-0.05, 0) is 18.1 Å². The Hall–Kier alpha value is -2.36. The molecule has 1 aromatic carbocycles. The van der Waals surface area contributed by atoms with Gasteiger partial charge >= 0.3 is 5.97 Å². The molecule has 0 bridgehead atoms. The smallest absolute Gasteiger partial charge is 0.360 e. The molecule has 0 spiro atoms. The van der Waals surface area contributed by atoms with E-state index in [2.05, 4.69) is 5.16 Å². The van der Waals surface area contributed by atoms with Crippen molar-refractivity contribution in [3.05, 3.63) is 53.4 Å². The third-order valence-corrected chi connectivity index (χ3v) is 2.71. The minimum Gasteiger partial charge on any atom is -0.461 e. The van der Waals surface area contributed by atoms with E-state index in [0.717, 1.165) is 18.4 Å². The van der Waals surface area contributed by atoms with Crippen molar-refractivity contribution >= 4 is 18.1 Å². The van der Waals surface area contributed by atoms with Gasteiger partial charge in [0.05, 0.1) is 6.61 Å². The van der Waals surface area contributed by atoms with Gasteiger partial charge in [0.15, 0.2) is 11.5 Å². The molecule has 0 fully saturated rings. The molecule has 0 radical (unpaired) electrons. The molecule has 4 nitrogen and oxygen atoms in total. The van der Waals surface area contributed by atoms with Crippen LogP contribution in [0.1, 0.15) is 41.6 Å². The summed E-state index contributed by atoms with van der Waals surface area (Å²) in [7, 11) is 0. The van der Waals surface area contributed by atoms with E-state index in [-0.39, 0.29) is 5.69 Å². The Bertz CT molecular complexity index is 572. The second-order valence-electron chi connectivity index (χ2n) is 4.35. The Morgan fingerprint density at radius 1 is 1.30 bits per heavy atom. The summed E-state index contributed by atoms with van der Waals surface area (Å²) in [4.78, 5) is 11.6. The highest BCUT2D eigenvalue weighted by atomic mass is 16.5. The van der Waals surface area contributed by atoms with E-state index in [1.165, 1.54) is 0 Å². The summed E-state index contributed by atoms with van der Waals surface area (Å²) < 4.78 is 10.1. The van der Waals surface area contributed by atoms with Crippen LogP contribution >= 0.6 is 0 Å². The van der Waals surface area contributed by atoms with Crippen molar-refractivity contribution in [2.45, 2.75) is 19.8 Å². The summed E-state index contributed by atoms with van der Waals surface area (Å²) >= 11 is 0. The van der Waals surface area contributed by atoms with E-state index in [4.69, 9.17) is 9.26 Å². The first-order valence-corrected chi connectivity index (χ1v) is 6.66. The van der Waals surface area contributed by atoms with E-state index in [0.29, 0.717) is 12.4 Å². The van der Waals surface area contributed by atoms with E-state index in [1.807, 2.05) is 43.3 Å². The zero-order chi connectivity index (χ0) is 14.2. The molecule has 4 heteroatoms. The SMILES string of the molecule is CCCCOC(=O)c1cc(/C=C\c2ccccc2)on1. The minimum atomic E-state index is -0.443. The largest absolute Gasteiger partial charge is 0.461 e. The molecule has 0 N–H and O–H groups in total. The summed E-state index contributed by atoms with van der Waals surface area (Å²) in [6, 6.07) is 11.4. The van der Waals surface area contributed by atoms with Gasteiger partial charge in [-0.15, -0.1) is 0 Å². The molecule has 0 amide bonds. The predicted molar refractivity (Wildman–Crippen MR) is 77.1 cm³/mol. The summed E-state index contributed by atoms with van der Waals surface area (Å²) in [5.74, 6) is 0.0813. The van der Waals surface area contributed by atoms with Crippen molar-refractivity contribution < 1.29 is 14.1 Å². The highest BCUT2D eigenvalue weighted by Gasteiger charge is 2.12. The van der Waals surface area contributed by atoms with Crippen LogP contribution in [0, 0.1) is 0 Å². The van der Waals surface area contributed by atoms with Crippen molar-refractivity contribution in [2.75, 3.05) is 6.61 Å². The third-order valence-electron chi connectivity index (χ3n) is 2.71. The van der Waals surface area contributed by atoms with Gasteiger partial charge < -0.3 is 9.26 Å². The van der Waals surface area contributed by atoms with Gasteiger partial charge in [-0.2, -0.15) is 0 Å². The average Bonchev–Trinajstić information content (AvgIpc) is 2.95. The molecular weight excluding hydrogens is 254 g/mol. The van der Waals surface area contributed by atoms with Crippen LogP contribution in [0.25, 0.3) is 12.2 Å². The van der Waals surface area contributed by atoms with Crippen molar-refractivity contribution in [1.29, 1.82) is 0 Å². The number of unbranched alkanes of at least 4 members (excludes halogenated alkanes) is 1. The second-order valence-corrected chi connectivity index (χ2v) is 4.35. The highest BCUT2D eigenvalue weighted by molar-refractivity contribution is 5.87. The molecule has 1 heterocycles. The zero-order valence-electron chi connectivity index (χ0n) is 11.4. The number of benzene rings is 1. The molecule has 0 saturated heterocycles. The summed E-state index contributed by atoms with van der Waals surface area (Å²) in [6.45, 7) is 2.45. The lowest BCUT2D eigenvalue weighted by atomic mass is 10.2. The van der Waals surface area contributed by atoms with Crippen LogP contribution < -0.4 is 0 Å². The molecule has 20 heavy (non-hydrogen) atoms. The van der Waals surface area contributed by atoms with E-state index >= 15 is 0 Å². The number of hydrogen-bond acceptors (Lipinski definition) is 4. The van der Waals surface area contributed by atoms with Crippen LogP contribution in [0.15, 0.2) is 40.9 Å². The molecule has 0 unspecified atom stereocenters. The van der Waals surface area contributed by atoms with Gasteiger partial charge in [-0.1, -0.05) is 54.9 Å². The van der Waals surface area contributed by atoms with Crippen LogP contribution in [0.2, 0.25) is 0 Å². The Balaban J connectivity index is 1.95. The van der Waals surface area contributed by atoms with Gasteiger partial charge in [0.2, 0.25) is 0 Å². The Morgan fingerprint density at radius 3 is 2.85 bits per heavy atom. The number of hydrogen-bond donors (Lipinski definition) is 0. The van der Waals surface area contributed by atoms with E-state index in [9.17, 15) is 4.79 Å². The number of aromatic nitrogens is 1. The second kappa shape index (κ2) is 7.28. The molecular formula is C16H17NO3. The first kappa shape index (κ1) is 14.1. The third kappa shape index (κ3) is 4.09. The van der Waals surface area contributed by atoms with Crippen LogP contribution in [-0.2, 0) is 4.74 Å². The van der Waals surface area contributed by atoms with E-state index in [1.54, 1.807) is 12.1 Å². The van der Waals surface area contributed by atoms with Crippen LogP contribution in [-0.4, -0.2) is 17.7 Å². The topological polar surface area (TPSA) is 52.3 Å². The minimum absolute atomic E-state index is 0.203. The monoisotopic (exact) mass is 271 g/mol. The lowest BCUT2D eigenvalue weighted by molar-refractivity contribution is 0.0488. The maximum atomic E-state index is 11.6. The maximum absolute atomic E-state index is 11.6. The first-order chi connectivity index (χ1) is 9.79. The standard InChI is InChI=1S/C16H17NO3/c1-2-3-11-19-16(18)15-12-14(20-17-15)10-9-13-7-5-4-6-8-13/h4-10,12H,2-3,11H2,1H3/b10-9-. The molecule has 0 saturated carbocycles. The molecule has 104 valence electrons. The quantitative estimate of drug-likeness (QED) is 0.592. The normalized spacial score (nSPS) is 10.8. The summed E-state index contributed by atoms with van der Waals surface area (Å²) in [5.41, 5.74) is 1.25. The van der Waals surface area contributed by atoms with Crippen molar-refractivity contribution in [1.82, 2.24) is 5.16 Å². The fourth-order valence-electron chi connectivity index (χ4n) is 1.59. The van der Waals surface area contributed by atoms with Gasteiger partial charge in [-0.3, -0.25) is 0 Å². The van der Waals surface area contributed by atoms with Crippen LogP contribution in [0.4, 0.5) is 0 Å². The van der Waals surface area contributed by atoms with Gasteiger partial charge in [0.1, 0.15) is 0 Å². The van der Waals surface area contributed by atoms with Crippen LogP contribution in [0.3, 0.4) is 0 Å². The number of carbonyl (C=O) groups is 1. The Labute approximate surface area is 118 Å². The number of ether oxygens (including phenoxy) is 1. The van der Waals surface area contributed by atoms with Crippen molar-refractivity contribution in [2.24, 2.45) is 0 Å². The molecule has 0 aliphatic carbocycles. The number of esters is 1. The predicted octanol–water partition coefficient (Wildman–Crippen LogP) is 3.80. The molecule has 1 aromatic heterocycles. The first-order valence-electron chi connectivity index (χ1n) is 6.66. The highest BCUT2D eigenvalue weighted by Crippen LogP contribution is 2.10. The lowest BCUT2D eigenvalue weighted by Crippen LogP contribution is -2.06. The molecule has 0 aliphatic rings. The van der Waals surface area contributed by atoms with Gasteiger partial charge in [0, 0.05) is 6.07 Å². The lowest BCUT2D eigenvalue weighted by Gasteiger charge is -1.99. The maximum Gasteiger partial charge on any atom is 0.360 e. The Morgan fingerprint density at radius 2 is 2.10 bits per heavy atom. The van der Waals surface area contributed by atoms with Gasteiger partial charge in [-0.25, -0.2) is 4.79 Å². The molecule has 2 rings (SSSR count). The fraction of sp³-hybridized carbons (Fsp3) is 0.250. The van der Waals surface area contributed by atoms with Crippen molar-refractivity contribution in [3.8, 4) is 0 Å². The number of carbonyl (C=O) groups excluding carboxylic acids is 1. The number of nitrogens with zero attached hydrogens (tertiary/aromatic N) is 1. The summed E-state index contributed by atoms with van der Waals surface area (Å²) in [5, 5.41) is 3.71. The van der Waals surface area contributed by atoms with Crippen molar-refractivity contribution in [3.63, 3.8) is 0 Å². The zero-order valence-corrected chi connectivity index (χ0v) is 11.4. The molecule has 2 aromatic rings. The molecule has 0 aliphatic heterocycles. The van der Waals surface area contributed by atoms with Gasteiger partial charge in [0.25, 0.3) is 0 Å². The van der Waals surface area contributed by atoms with E-state index < -0.39 is 5.97 Å². The summed E-state index contributed by atoms with van der Waals surface area (Å²) in [6.07, 6.45) is 5.50. The number of rotatable bonds is 6. The Kier molecular flexibility index (Phi) is 5.12. The fourth-order valence-corrected chi connectivity index (χ4v) is 1.59. The molecule has 0 atom stereocenters. The average molecular weight is 271 g/mol. The van der Waals surface area contributed by atoms with Crippen LogP contribution in [0.5, 0.6) is 0 Å².